The van der Waals surface area contributed by atoms with Crippen LogP contribution in [0.25, 0.3) is 0 Å². The number of rotatable bonds is 6. The summed E-state index contributed by atoms with van der Waals surface area (Å²) in [6.07, 6.45) is 8.01. The minimum atomic E-state index is 0. The van der Waals surface area contributed by atoms with Gasteiger partial charge < -0.3 is 15.2 Å². The van der Waals surface area contributed by atoms with Crippen LogP contribution in [0.2, 0.25) is 0 Å². The first-order valence-corrected chi connectivity index (χ1v) is 10.5. The molecule has 154 valence electrons. The third kappa shape index (κ3) is 5.92. The Morgan fingerprint density at radius 2 is 2.04 bits per heavy atom. The van der Waals surface area contributed by atoms with Gasteiger partial charge in [-0.25, -0.2) is 4.99 Å². The number of aliphatic imine (C=N–C) groups is 1. The minimum absolute atomic E-state index is 0. The van der Waals surface area contributed by atoms with E-state index < -0.39 is 0 Å². The smallest absolute Gasteiger partial charge is 0.191 e. The van der Waals surface area contributed by atoms with Gasteiger partial charge in [0.25, 0.3) is 0 Å². The molecule has 2 N–H and O–H groups in total. The van der Waals surface area contributed by atoms with Crippen molar-refractivity contribution in [3.63, 3.8) is 0 Å². The summed E-state index contributed by atoms with van der Waals surface area (Å²) in [5.74, 6) is 1.69. The number of halogens is 2. The fourth-order valence-corrected chi connectivity index (χ4v) is 4.21. The highest BCUT2D eigenvalue weighted by molar-refractivity contribution is 14.0. The van der Waals surface area contributed by atoms with Crippen molar-refractivity contribution in [3.05, 3.63) is 46.5 Å². The SMILES string of the molecule is CCNC(=NCc1nncn1C)NCC1(c2cccc(Br)c2)CCCCC1.I. The minimum Gasteiger partial charge on any atom is -0.357 e. The Bertz CT molecular complexity index is 770. The molecule has 28 heavy (non-hydrogen) atoms. The maximum absolute atomic E-state index is 4.71. The molecule has 0 saturated heterocycles. The van der Waals surface area contributed by atoms with Crippen LogP contribution in [-0.2, 0) is 19.0 Å². The van der Waals surface area contributed by atoms with E-state index in [-0.39, 0.29) is 29.4 Å². The van der Waals surface area contributed by atoms with E-state index in [4.69, 9.17) is 4.99 Å². The maximum Gasteiger partial charge on any atom is 0.191 e. The number of guanidine groups is 1. The first-order chi connectivity index (χ1) is 13.1. The highest BCUT2D eigenvalue weighted by Gasteiger charge is 2.34. The molecule has 1 aromatic heterocycles. The third-order valence-electron chi connectivity index (χ3n) is 5.37. The second-order valence-corrected chi connectivity index (χ2v) is 8.17. The average molecular weight is 561 g/mol. The Labute approximate surface area is 193 Å². The predicted molar refractivity (Wildman–Crippen MR) is 128 cm³/mol. The number of hydrogen-bond donors (Lipinski definition) is 2. The second kappa shape index (κ2) is 11.1. The molecule has 0 amide bonds. The standard InChI is InChI=1S/C20H29BrN6.HI/c1-3-22-19(23-13-18-26-25-15-27(18)2)24-14-20(10-5-4-6-11-20)16-8-7-9-17(21)12-16;/h7-9,12,15H,3-6,10-11,13-14H2,1-2H3,(H2,22,23,24);1H. The van der Waals surface area contributed by atoms with E-state index in [1.165, 1.54) is 37.7 Å². The van der Waals surface area contributed by atoms with Gasteiger partial charge in [-0.05, 0) is 37.5 Å². The molecule has 1 fully saturated rings. The molecule has 1 aromatic carbocycles. The number of aromatic nitrogens is 3. The fraction of sp³-hybridized carbons (Fsp3) is 0.550. The molecular formula is C20H30BrIN6. The highest BCUT2D eigenvalue weighted by Crippen LogP contribution is 2.39. The van der Waals surface area contributed by atoms with Crippen molar-refractivity contribution in [1.29, 1.82) is 0 Å². The van der Waals surface area contributed by atoms with Crippen LogP contribution in [0.5, 0.6) is 0 Å². The summed E-state index contributed by atoms with van der Waals surface area (Å²) < 4.78 is 3.05. The number of benzene rings is 1. The van der Waals surface area contributed by atoms with E-state index in [1.54, 1.807) is 6.33 Å². The van der Waals surface area contributed by atoms with Gasteiger partial charge in [0.2, 0.25) is 0 Å². The first kappa shape index (κ1) is 23.1. The van der Waals surface area contributed by atoms with E-state index in [0.717, 1.165) is 29.3 Å². The number of aryl methyl sites for hydroxylation is 1. The molecule has 0 atom stereocenters. The Balaban J connectivity index is 0.00000280. The zero-order valence-corrected chi connectivity index (χ0v) is 20.5. The summed E-state index contributed by atoms with van der Waals surface area (Å²) in [5, 5.41) is 15.0. The van der Waals surface area contributed by atoms with E-state index in [0.29, 0.717) is 6.54 Å². The largest absolute Gasteiger partial charge is 0.357 e. The van der Waals surface area contributed by atoms with Gasteiger partial charge in [0.1, 0.15) is 12.9 Å². The Kier molecular flexibility index (Phi) is 9.20. The van der Waals surface area contributed by atoms with Crippen molar-refractivity contribution in [1.82, 2.24) is 25.4 Å². The zero-order valence-electron chi connectivity index (χ0n) is 16.6. The lowest BCUT2D eigenvalue weighted by Crippen LogP contribution is -2.46. The quantitative estimate of drug-likeness (QED) is 0.316. The Hall–Kier alpha value is -1.16. The van der Waals surface area contributed by atoms with Crippen molar-refractivity contribution in [2.45, 2.75) is 51.0 Å². The number of nitrogens with one attached hydrogen (secondary N) is 2. The summed E-state index contributed by atoms with van der Waals surface area (Å²) in [4.78, 5) is 4.71. The van der Waals surface area contributed by atoms with Crippen LogP contribution >= 0.6 is 39.9 Å². The van der Waals surface area contributed by atoms with Crippen LogP contribution in [-0.4, -0.2) is 33.8 Å². The lowest BCUT2D eigenvalue weighted by molar-refractivity contribution is 0.291. The zero-order chi connectivity index (χ0) is 19.1. The Morgan fingerprint density at radius 1 is 1.25 bits per heavy atom. The maximum atomic E-state index is 4.71. The molecule has 0 aliphatic heterocycles. The lowest BCUT2D eigenvalue weighted by atomic mass is 9.69. The van der Waals surface area contributed by atoms with Gasteiger partial charge in [0, 0.05) is 30.0 Å². The molecule has 2 aromatic rings. The van der Waals surface area contributed by atoms with Crippen LogP contribution in [0.15, 0.2) is 40.1 Å². The van der Waals surface area contributed by atoms with Gasteiger partial charge in [-0.3, -0.25) is 0 Å². The molecule has 0 bridgehead atoms. The van der Waals surface area contributed by atoms with E-state index >= 15 is 0 Å². The average Bonchev–Trinajstić information content (AvgIpc) is 3.09. The topological polar surface area (TPSA) is 67.1 Å². The molecule has 1 heterocycles. The third-order valence-corrected chi connectivity index (χ3v) is 5.86. The van der Waals surface area contributed by atoms with Crippen molar-refractivity contribution in [3.8, 4) is 0 Å². The molecule has 1 saturated carbocycles. The number of hydrogen-bond acceptors (Lipinski definition) is 3. The van der Waals surface area contributed by atoms with Crippen LogP contribution in [0.4, 0.5) is 0 Å². The summed E-state index contributed by atoms with van der Waals surface area (Å²) in [5.41, 5.74) is 1.57. The van der Waals surface area contributed by atoms with Crippen LogP contribution in [0.3, 0.4) is 0 Å². The molecule has 0 unspecified atom stereocenters. The fourth-order valence-electron chi connectivity index (χ4n) is 3.81. The Morgan fingerprint density at radius 3 is 2.68 bits per heavy atom. The van der Waals surface area contributed by atoms with Gasteiger partial charge in [-0.1, -0.05) is 47.3 Å². The summed E-state index contributed by atoms with van der Waals surface area (Å²) in [6, 6.07) is 8.78. The highest BCUT2D eigenvalue weighted by atomic mass is 127. The molecule has 0 spiro atoms. The van der Waals surface area contributed by atoms with E-state index in [9.17, 15) is 0 Å². The van der Waals surface area contributed by atoms with Crippen LogP contribution in [0.1, 0.15) is 50.4 Å². The van der Waals surface area contributed by atoms with Crippen LogP contribution < -0.4 is 10.6 Å². The van der Waals surface area contributed by atoms with E-state index in [1.807, 2.05) is 11.6 Å². The van der Waals surface area contributed by atoms with Gasteiger partial charge in [0.15, 0.2) is 11.8 Å². The molecule has 1 aliphatic rings. The molecule has 6 nitrogen and oxygen atoms in total. The second-order valence-electron chi connectivity index (χ2n) is 7.26. The van der Waals surface area contributed by atoms with Gasteiger partial charge in [-0.2, -0.15) is 0 Å². The van der Waals surface area contributed by atoms with Gasteiger partial charge in [-0.15, -0.1) is 34.2 Å². The number of nitrogens with zero attached hydrogens (tertiary/aromatic N) is 4. The van der Waals surface area contributed by atoms with Crippen molar-refractivity contribution in [2.75, 3.05) is 13.1 Å². The van der Waals surface area contributed by atoms with Gasteiger partial charge in [0.05, 0.1) is 0 Å². The molecule has 1 aliphatic carbocycles. The summed E-state index contributed by atoms with van der Waals surface area (Å²) >= 11 is 3.64. The molecular weight excluding hydrogens is 531 g/mol. The summed E-state index contributed by atoms with van der Waals surface area (Å²) in [6.45, 7) is 4.31. The van der Waals surface area contributed by atoms with Crippen molar-refractivity contribution in [2.24, 2.45) is 12.0 Å². The normalized spacial score (nSPS) is 16.3. The lowest BCUT2D eigenvalue weighted by Gasteiger charge is -2.38. The molecule has 0 radical (unpaired) electrons. The molecule has 3 rings (SSSR count). The van der Waals surface area contributed by atoms with Crippen molar-refractivity contribution < 1.29 is 0 Å². The summed E-state index contributed by atoms with van der Waals surface area (Å²) in [7, 11) is 1.94. The van der Waals surface area contributed by atoms with Gasteiger partial charge >= 0.3 is 0 Å². The monoisotopic (exact) mass is 560 g/mol. The molecule has 8 heteroatoms. The van der Waals surface area contributed by atoms with Crippen LogP contribution in [0, 0.1) is 0 Å². The predicted octanol–water partition coefficient (Wildman–Crippen LogP) is 4.15. The van der Waals surface area contributed by atoms with Crippen molar-refractivity contribution >= 4 is 45.9 Å². The van der Waals surface area contributed by atoms with E-state index in [2.05, 4.69) is 68.0 Å². The first-order valence-electron chi connectivity index (χ1n) is 9.74.